The summed E-state index contributed by atoms with van der Waals surface area (Å²) in [6, 6.07) is 5.71. The van der Waals surface area contributed by atoms with Gasteiger partial charge < -0.3 is 0 Å². The Kier molecular flexibility index (Phi) is 11.5. The van der Waals surface area contributed by atoms with Crippen molar-refractivity contribution in [2.45, 2.75) is 0 Å². The van der Waals surface area contributed by atoms with Gasteiger partial charge in [-0.1, -0.05) is 36.4 Å². The molecule has 0 unspecified atom stereocenters. The molecule has 0 amide bonds. The molecule has 0 spiro atoms. The molecule has 0 aliphatic carbocycles. The molecule has 0 atom stereocenters. The molecule has 6 aromatic rings. The summed E-state index contributed by atoms with van der Waals surface area (Å²) in [7, 11) is 0. The van der Waals surface area contributed by atoms with Gasteiger partial charge in [-0.3, -0.25) is 0 Å². The van der Waals surface area contributed by atoms with Crippen LogP contribution in [0.25, 0.3) is 0 Å². The van der Waals surface area contributed by atoms with Gasteiger partial charge in [-0.05, 0) is 23.1 Å². The van der Waals surface area contributed by atoms with Gasteiger partial charge in [-0.25, -0.2) is 87.8 Å². The summed E-state index contributed by atoms with van der Waals surface area (Å²) < 4.78 is 295. The van der Waals surface area contributed by atoms with E-state index in [0.717, 1.165) is 24.3 Å². The van der Waals surface area contributed by atoms with E-state index < -0.39 is 174 Å². The maximum Gasteiger partial charge on any atom is 0.260 e. The van der Waals surface area contributed by atoms with E-state index in [1.807, 2.05) is 0 Å². The van der Waals surface area contributed by atoms with Gasteiger partial charge in [-0.2, -0.15) is 10.2 Å². The zero-order valence-corrected chi connectivity index (χ0v) is 28.2. The molecule has 2 nitrogen and oxygen atoms in total. The maximum absolute atomic E-state index is 15.4. The molecule has 0 aliphatic heterocycles. The fraction of sp³-hybridized carbons (Fsp3) is 0. The first kappa shape index (κ1) is 43.2. The first-order chi connectivity index (χ1) is 28.2. The van der Waals surface area contributed by atoms with Crippen molar-refractivity contribution in [2.24, 2.45) is 10.2 Å². The van der Waals surface area contributed by atoms with Crippen LogP contribution in [-0.2, 0) is 0 Å². The van der Waals surface area contributed by atoms with Crippen LogP contribution in [0.15, 0.2) is 58.8 Å². The lowest BCUT2D eigenvalue weighted by molar-refractivity contribution is 0.382. The number of hydrogen-bond donors (Lipinski definition) is 0. The number of azo groups is 1. The van der Waals surface area contributed by atoms with E-state index in [9.17, 15) is 52.7 Å². The van der Waals surface area contributed by atoms with E-state index in [0.29, 0.717) is 24.3 Å². The molecular formula is C36H8B2F20N2. The van der Waals surface area contributed by atoms with Gasteiger partial charge in [0, 0.05) is 21.9 Å². The lowest BCUT2D eigenvalue weighted by Gasteiger charge is -2.21. The fourth-order valence-electron chi connectivity index (χ4n) is 6.17. The maximum atomic E-state index is 15.4. The molecule has 0 aliphatic rings. The van der Waals surface area contributed by atoms with Crippen LogP contribution in [0.5, 0.6) is 0 Å². The Labute approximate surface area is 320 Å². The first-order valence-electron chi connectivity index (χ1n) is 15.8. The highest BCUT2D eigenvalue weighted by Gasteiger charge is 2.43. The minimum atomic E-state index is -3.25. The van der Waals surface area contributed by atoms with E-state index in [2.05, 4.69) is 10.2 Å². The predicted octanol–water partition coefficient (Wildman–Crippen LogP) is 7.92. The highest BCUT2D eigenvalue weighted by Crippen LogP contribution is 2.26. The summed E-state index contributed by atoms with van der Waals surface area (Å²) in [4.78, 5) is 0. The second kappa shape index (κ2) is 16.0. The van der Waals surface area contributed by atoms with Crippen LogP contribution >= 0.6 is 0 Å². The van der Waals surface area contributed by atoms with Crippen molar-refractivity contribution >= 4 is 57.6 Å². The lowest BCUT2D eigenvalue weighted by Crippen LogP contribution is -2.58. The smallest absolute Gasteiger partial charge is 0.204 e. The molecule has 0 saturated carbocycles. The van der Waals surface area contributed by atoms with Gasteiger partial charge in [0.25, 0.3) is 13.4 Å². The number of nitrogens with zero attached hydrogens (tertiary/aromatic N) is 2. The molecule has 60 heavy (non-hydrogen) atoms. The van der Waals surface area contributed by atoms with Crippen molar-refractivity contribution in [1.29, 1.82) is 0 Å². The minimum absolute atomic E-state index is 0.521. The fourth-order valence-corrected chi connectivity index (χ4v) is 6.17. The quantitative estimate of drug-likeness (QED) is 0.0489. The van der Waals surface area contributed by atoms with Crippen LogP contribution in [-0.4, -0.2) is 13.4 Å². The predicted molar refractivity (Wildman–Crippen MR) is 171 cm³/mol. The summed E-state index contributed by atoms with van der Waals surface area (Å²) in [6.07, 6.45) is 0. The van der Waals surface area contributed by atoms with Crippen LogP contribution in [0.4, 0.5) is 99.2 Å². The van der Waals surface area contributed by atoms with Crippen molar-refractivity contribution in [2.75, 3.05) is 0 Å². The van der Waals surface area contributed by atoms with E-state index in [-0.39, 0.29) is 0 Å². The molecule has 6 rings (SSSR count). The van der Waals surface area contributed by atoms with Crippen molar-refractivity contribution < 1.29 is 87.8 Å². The Morgan fingerprint density at radius 2 is 0.400 bits per heavy atom. The molecule has 0 bridgehead atoms. The molecule has 0 radical (unpaired) electrons. The Hall–Kier alpha value is -6.35. The summed E-state index contributed by atoms with van der Waals surface area (Å²) in [5, 5.41) is 7.06. The summed E-state index contributed by atoms with van der Waals surface area (Å²) >= 11 is 0. The zero-order valence-electron chi connectivity index (χ0n) is 28.2. The summed E-state index contributed by atoms with van der Waals surface area (Å²) in [6.45, 7) is -6.50. The monoisotopic (exact) mass is 870 g/mol. The summed E-state index contributed by atoms with van der Waals surface area (Å²) in [5.74, 6) is -56.6. The number of hydrogen-bond acceptors (Lipinski definition) is 2. The van der Waals surface area contributed by atoms with Crippen LogP contribution in [0, 0.1) is 116 Å². The molecule has 0 N–H and O–H groups in total. The van der Waals surface area contributed by atoms with Gasteiger partial charge in [0.2, 0.25) is 0 Å². The van der Waals surface area contributed by atoms with Gasteiger partial charge in [0.15, 0.2) is 116 Å². The highest BCUT2D eigenvalue weighted by atomic mass is 19.2. The second-order valence-corrected chi connectivity index (χ2v) is 12.1. The molecule has 0 fully saturated rings. The van der Waals surface area contributed by atoms with Gasteiger partial charge in [-0.15, -0.1) is 0 Å². The molecule has 24 heteroatoms. The summed E-state index contributed by atoms with van der Waals surface area (Å²) in [5.41, 5.74) is -13.5. The van der Waals surface area contributed by atoms with Crippen LogP contribution in [0.3, 0.4) is 0 Å². The molecule has 308 valence electrons. The van der Waals surface area contributed by atoms with Crippen LogP contribution in [0.1, 0.15) is 0 Å². The van der Waals surface area contributed by atoms with E-state index in [1.165, 1.54) is 0 Å². The van der Waals surface area contributed by atoms with Gasteiger partial charge >= 0.3 is 0 Å². The molecule has 0 aromatic heterocycles. The second-order valence-electron chi connectivity index (χ2n) is 12.1. The average molecular weight is 870 g/mol. The third kappa shape index (κ3) is 6.70. The molecular weight excluding hydrogens is 862 g/mol. The molecule has 0 saturated heterocycles. The van der Waals surface area contributed by atoms with E-state index in [4.69, 9.17) is 0 Å². The first-order valence-corrected chi connectivity index (χ1v) is 15.8. The highest BCUT2D eigenvalue weighted by molar-refractivity contribution is 6.97. The van der Waals surface area contributed by atoms with Crippen molar-refractivity contribution in [3.05, 3.63) is 165 Å². The van der Waals surface area contributed by atoms with Crippen LogP contribution in [0.2, 0.25) is 0 Å². The standard InChI is InChI=1S/C36H8B2F20N2/c39-17-13(18(40)26(48)33(55)25(17)47)37(14-19(41)27(49)34(56)28(50)20(14)42)9-5-1-3-7-11(9)59-60-12-8-4-2-6-10(12)38(15-21(43)29(51)35(57)30(52)22(15)44)16-23(45)31(53)36(58)32(54)24(16)46/h1-8H. The Morgan fingerprint density at radius 3 is 0.600 bits per heavy atom. The normalized spacial score (nSPS) is 11.6. The number of halogens is 20. The third-order valence-electron chi connectivity index (χ3n) is 8.89. The number of benzene rings is 6. The van der Waals surface area contributed by atoms with Crippen molar-refractivity contribution in [3.8, 4) is 0 Å². The SMILES string of the molecule is Fc1c(F)c(F)c(B(c2ccccc2N=Nc2ccccc2B(c2c(F)c(F)c(F)c(F)c2F)c2c(F)c(F)c(F)c(F)c2F)c2c(F)c(F)c(F)c(F)c2F)c(F)c1F. The third-order valence-corrected chi connectivity index (χ3v) is 8.89. The largest absolute Gasteiger partial charge is 0.260 e. The van der Waals surface area contributed by atoms with Gasteiger partial charge in [0.05, 0.1) is 11.4 Å². The van der Waals surface area contributed by atoms with Crippen LogP contribution < -0.4 is 32.8 Å². The van der Waals surface area contributed by atoms with E-state index in [1.54, 1.807) is 0 Å². The minimum Gasteiger partial charge on any atom is -0.204 e. The Morgan fingerprint density at radius 1 is 0.233 bits per heavy atom. The topological polar surface area (TPSA) is 24.7 Å². The van der Waals surface area contributed by atoms with Crippen molar-refractivity contribution in [3.63, 3.8) is 0 Å². The zero-order chi connectivity index (χ0) is 44.4. The Balaban J connectivity index is 1.68. The molecule has 6 aromatic carbocycles. The Bertz CT molecular complexity index is 2370. The van der Waals surface area contributed by atoms with E-state index >= 15 is 35.1 Å². The number of rotatable bonds is 8. The average Bonchev–Trinajstić information content (AvgIpc) is 3.24. The lowest BCUT2D eigenvalue weighted by atomic mass is 9.35. The van der Waals surface area contributed by atoms with Crippen molar-refractivity contribution in [1.82, 2.24) is 0 Å². The van der Waals surface area contributed by atoms with Gasteiger partial charge in [0.1, 0.15) is 0 Å². The molecule has 0 heterocycles.